The zero-order valence-electron chi connectivity index (χ0n) is 19.0. The van der Waals surface area contributed by atoms with Crippen LogP contribution in [0.15, 0.2) is 65.1 Å². The number of benzene rings is 3. The van der Waals surface area contributed by atoms with Gasteiger partial charge in [-0.1, -0.05) is 24.6 Å². The number of halogens is 1. The number of ether oxygens (including phenoxy) is 1. The second-order valence-corrected chi connectivity index (χ2v) is 8.75. The average molecular weight is 494 g/mol. The molecule has 34 heavy (non-hydrogen) atoms. The SMILES string of the molecule is CC[C@@H](C)Oc1ccc(C(=O)NC(=S)Nc2ccc3oc(-c4ccc(C)c(Cl)c4)nc3c2)cc1. The van der Waals surface area contributed by atoms with Crippen molar-refractivity contribution in [3.8, 4) is 17.2 Å². The van der Waals surface area contributed by atoms with Crippen LogP contribution in [0, 0.1) is 6.92 Å². The van der Waals surface area contributed by atoms with Gasteiger partial charge in [0.1, 0.15) is 11.3 Å². The lowest BCUT2D eigenvalue weighted by Crippen LogP contribution is -2.34. The quantitative estimate of drug-likeness (QED) is 0.289. The minimum atomic E-state index is -0.311. The van der Waals surface area contributed by atoms with Crippen molar-refractivity contribution in [2.45, 2.75) is 33.3 Å². The highest BCUT2D eigenvalue weighted by atomic mass is 35.5. The molecular weight excluding hydrogens is 470 g/mol. The van der Waals surface area contributed by atoms with Gasteiger partial charge in [-0.25, -0.2) is 4.98 Å². The summed E-state index contributed by atoms with van der Waals surface area (Å²) in [4.78, 5) is 17.1. The number of rotatable bonds is 6. The smallest absolute Gasteiger partial charge is 0.257 e. The summed E-state index contributed by atoms with van der Waals surface area (Å²) in [5, 5.41) is 6.54. The van der Waals surface area contributed by atoms with Gasteiger partial charge in [-0.2, -0.15) is 0 Å². The first kappa shape index (κ1) is 23.7. The van der Waals surface area contributed by atoms with Crippen LogP contribution in [0.25, 0.3) is 22.6 Å². The second kappa shape index (κ2) is 10.2. The van der Waals surface area contributed by atoms with Crippen molar-refractivity contribution in [1.82, 2.24) is 10.3 Å². The Kier molecular flexibility index (Phi) is 7.14. The maximum Gasteiger partial charge on any atom is 0.257 e. The summed E-state index contributed by atoms with van der Waals surface area (Å²) in [5.74, 6) is 0.888. The van der Waals surface area contributed by atoms with Crippen LogP contribution in [0.3, 0.4) is 0 Å². The van der Waals surface area contributed by atoms with E-state index in [1.54, 1.807) is 42.5 Å². The van der Waals surface area contributed by atoms with Crippen molar-refractivity contribution in [1.29, 1.82) is 0 Å². The van der Waals surface area contributed by atoms with Crippen LogP contribution < -0.4 is 15.4 Å². The van der Waals surface area contributed by atoms with Gasteiger partial charge in [0.2, 0.25) is 5.89 Å². The van der Waals surface area contributed by atoms with Crippen LogP contribution in [-0.2, 0) is 0 Å². The fourth-order valence-electron chi connectivity index (χ4n) is 3.19. The van der Waals surface area contributed by atoms with Crippen molar-refractivity contribution in [3.63, 3.8) is 0 Å². The highest BCUT2D eigenvalue weighted by Crippen LogP contribution is 2.29. The van der Waals surface area contributed by atoms with Crippen LogP contribution >= 0.6 is 23.8 Å². The number of fused-ring (bicyclic) bond motifs is 1. The molecule has 4 aromatic rings. The zero-order chi connectivity index (χ0) is 24.2. The van der Waals surface area contributed by atoms with Crippen LogP contribution in [0.5, 0.6) is 5.75 Å². The Morgan fingerprint density at radius 1 is 1.15 bits per heavy atom. The number of hydrogen-bond acceptors (Lipinski definition) is 5. The van der Waals surface area contributed by atoms with Crippen molar-refractivity contribution in [2.24, 2.45) is 0 Å². The first-order valence-corrected chi connectivity index (χ1v) is 11.7. The molecule has 0 saturated carbocycles. The van der Waals surface area contributed by atoms with Crippen molar-refractivity contribution < 1.29 is 13.9 Å². The van der Waals surface area contributed by atoms with E-state index in [-0.39, 0.29) is 17.1 Å². The molecule has 0 aliphatic heterocycles. The first-order valence-electron chi connectivity index (χ1n) is 10.9. The van der Waals surface area contributed by atoms with E-state index < -0.39 is 0 Å². The predicted molar refractivity (Wildman–Crippen MR) is 140 cm³/mol. The van der Waals surface area contributed by atoms with Gasteiger partial charge in [0.05, 0.1) is 6.10 Å². The van der Waals surface area contributed by atoms with Crippen molar-refractivity contribution in [2.75, 3.05) is 5.32 Å². The second-order valence-electron chi connectivity index (χ2n) is 7.93. The molecule has 1 amide bonds. The molecule has 0 aliphatic carbocycles. The van der Waals surface area contributed by atoms with E-state index in [2.05, 4.69) is 22.5 Å². The Balaban J connectivity index is 1.41. The molecule has 0 aliphatic rings. The number of aryl methyl sites for hydroxylation is 1. The minimum Gasteiger partial charge on any atom is -0.491 e. The number of amides is 1. The molecule has 8 heteroatoms. The Bertz CT molecular complexity index is 1350. The molecule has 0 radical (unpaired) electrons. The Morgan fingerprint density at radius 3 is 2.62 bits per heavy atom. The molecule has 174 valence electrons. The lowest BCUT2D eigenvalue weighted by Gasteiger charge is -2.13. The number of oxazole rings is 1. The van der Waals surface area contributed by atoms with E-state index in [0.29, 0.717) is 33.3 Å². The van der Waals surface area contributed by atoms with Crippen LogP contribution in [-0.4, -0.2) is 22.1 Å². The number of anilines is 1. The number of thiocarbonyl (C=S) groups is 1. The summed E-state index contributed by atoms with van der Waals surface area (Å²) in [6.45, 7) is 6.00. The normalized spacial score (nSPS) is 11.8. The molecule has 6 nitrogen and oxygen atoms in total. The summed E-state index contributed by atoms with van der Waals surface area (Å²) in [5.41, 5.74) is 4.23. The van der Waals surface area contributed by atoms with Gasteiger partial charge in [0.25, 0.3) is 5.91 Å². The lowest BCUT2D eigenvalue weighted by molar-refractivity contribution is 0.0977. The number of nitrogens with zero attached hydrogens (tertiary/aromatic N) is 1. The van der Waals surface area contributed by atoms with Crippen molar-refractivity contribution >= 4 is 51.6 Å². The number of carbonyl (C=O) groups excluding carboxylic acids is 1. The summed E-state index contributed by atoms with van der Waals surface area (Å²) < 4.78 is 11.6. The van der Waals surface area contributed by atoms with E-state index in [0.717, 1.165) is 23.3 Å². The highest BCUT2D eigenvalue weighted by molar-refractivity contribution is 7.80. The average Bonchev–Trinajstić information content (AvgIpc) is 3.24. The number of nitrogens with one attached hydrogen (secondary N) is 2. The molecule has 2 N–H and O–H groups in total. The predicted octanol–water partition coefficient (Wildman–Crippen LogP) is 6.76. The van der Waals surface area contributed by atoms with E-state index in [1.807, 2.05) is 32.0 Å². The van der Waals surface area contributed by atoms with Gasteiger partial charge in [-0.3, -0.25) is 10.1 Å². The van der Waals surface area contributed by atoms with Gasteiger partial charge in [-0.05, 0) is 92.6 Å². The van der Waals surface area contributed by atoms with Gasteiger partial charge < -0.3 is 14.5 Å². The number of carbonyl (C=O) groups is 1. The van der Waals surface area contributed by atoms with Crippen LogP contribution in [0.1, 0.15) is 36.2 Å². The molecule has 4 rings (SSSR count). The largest absolute Gasteiger partial charge is 0.491 e. The van der Waals surface area contributed by atoms with Crippen molar-refractivity contribution in [3.05, 3.63) is 76.8 Å². The molecular formula is C26H24ClN3O3S. The Morgan fingerprint density at radius 2 is 1.91 bits per heavy atom. The third-order valence-electron chi connectivity index (χ3n) is 5.32. The maximum absolute atomic E-state index is 12.5. The van der Waals surface area contributed by atoms with Crippen LogP contribution in [0.4, 0.5) is 5.69 Å². The Hall–Kier alpha value is -3.42. The summed E-state index contributed by atoms with van der Waals surface area (Å²) in [6.07, 6.45) is 1.02. The molecule has 0 unspecified atom stereocenters. The number of aromatic nitrogens is 1. The minimum absolute atomic E-state index is 0.115. The molecule has 1 atom stereocenters. The highest BCUT2D eigenvalue weighted by Gasteiger charge is 2.12. The van der Waals surface area contributed by atoms with Gasteiger partial charge >= 0.3 is 0 Å². The van der Waals surface area contributed by atoms with E-state index in [9.17, 15) is 4.79 Å². The molecule has 1 aromatic heterocycles. The topological polar surface area (TPSA) is 76.4 Å². The third kappa shape index (κ3) is 5.55. The van der Waals surface area contributed by atoms with E-state index in [4.69, 9.17) is 33.0 Å². The fraction of sp³-hybridized carbons (Fsp3) is 0.192. The third-order valence-corrected chi connectivity index (χ3v) is 5.93. The maximum atomic E-state index is 12.5. The number of hydrogen-bond donors (Lipinski definition) is 2. The standard InChI is InChI=1S/C26H24ClN3O3S/c1-4-16(3)32-20-10-7-17(8-11-20)24(31)30-26(34)28-19-9-12-23-22(14-19)29-25(33-23)18-6-5-15(2)21(27)13-18/h5-14,16H,4H2,1-3H3,(H2,28,30,31,34)/t16-/m1/s1. The van der Waals surface area contributed by atoms with Gasteiger partial charge in [0.15, 0.2) is 10.7 Å². The lowest BCUT2D eigenvalue weighted by atomic mass is 10.1. The van der Waals surface area contributed by atoms with E-state index in [1.165, 1.54) is 0 Å². The zero-order valence-corrected chi connectivity index (χ0v) is 20.6. The first-order chi connectivity index (χ1) is 16.3. The fourth-order valence-corrected chi connectivity index (χ4v) is 3.58. The molecule has 0 spiro atoms. The summed E-state index contributed by atoms with van der Waals surface area (Å²) in [6, 6.07) is 18.0. The summed E-state index contributed by atoms with van der Waals surface area (Å²) in [7, 11) is 0. The molecule has 0 fully saturated rings. The van der Waals surface area contributed by atoms with Gasteiger partial charge in [-0.15, -0.1) is 0 Å². The molecule has 1 heterocycles. The van der Waals surface area contributed by atoms with Gasteiger partial charge in [0, 0.05) is 21.8 Å². The monoisotopic (exact) mass is 493 g/mol. The van der Waals surface area contributed by atoms with Crippen LogP contribution in [0.2, 0.25) is 5.02 Å². The molecule has 0 saturated heterocycles. The Labute approximate surface area is 208 Å². The van der Waals surface area contributed by atoms with E-state index >= 15 is 0 Å². The molecule has 0 bridgehead atoms. The summed E-state index contributed by atoms with van der Waals surface area (Å²) >= 11 is 11.5. The molecule has 3 aromatic carbocycles.